The van der Waals surface area contributed by atoms with Crippen LogP contribution < -0.4 is 19.7 Å². The van der Waals surface area contributed by atoms with Crippen LogP contribution in [-0.4, -0.2) is 59.5 Å². The molecule has 0 heterocycles. The highest BCUT2D eigenvalue weighted by molar-refractivity contribution is 7.89. The maximum absolute atomic E-state index is 12.9. The molecule has 0 spiro atoms. The molecule has 0 aliphatic heterocycles. The number of ether oxygens (including phenoxy) is 2. The van der Waals surface area contributed by atoms with Crippen LogP contribution in [0.15, 0.2) is 47.4 Å². The van der Waals surface area contributed by atoms with Crippen LogP contribution in [0.4, 0.5) is 11.4 Å². The number of anilines is 2. The first-order valence-electron chi connectivity index (χ1n) is 10.6. The highest BCUT2D eigenvalue weighted by Crippen LogP contribution is 2.29. The summed E-state index contributed by atoms with van der Waals surface area (Å²) in [6.07, 6.45) is 0.767. The fraction of sp³-hybridized carbons (Fsp3) is 0.435. The number of rotatable bonds is 12. The highest BCUT2D eigenvalue weighted by atomic mass is 32.2. The molecule has 9 heteroatoms. The van der Waals surface area contributed by atoms with Gasteiger partial charge in [-0.2, -0.15) is 4.31 Å². The monoisotopic (exact) mass is 463 g/mol. The van der Waals surface area contributed by atoms with Gasteiger partial charge in [0.05, 0.1) is 30.0 Å². The van der Waals surface area contributed by atoms with Gasteiger partial charge in [-0.25, -0.2) is 8.42 Å². The van der Waals surface area contributed by atoms with Crippen LogP contribution in [0, 0.1) is 0 Å². The van der Waals surface area contributed by atoms with Crippen molar-refractivity contribution < 1.29 is 22.7 Å². The number of benzene rings is 2. The molecule has 0 aliphatic rings. The number of nitrogens with zero attached hydrogens (tertiary/aromatic N) is 2. The predicted molar refractivity (Wildman–Crippen MR) is 127 cm³/mol. The van der Waals surface area contributed by atoms with Gasteiger partial charge in [-0.3, -0.25) is 4.79 Å². The van der Waals surface area contributed by atoms with E-state index in [1.807, 2.05) is 43.3 Å². The standard InChI is InChI=1S/C23H33N3O5S/c1-6-26(7-2)32(28,29)20-14-15-22(25(3)4)21(17-20)24-23(27)9-8-16-31-19-12-10-18(30-5)11-13-19/h10-15,17H,6-9,16H2,1-5H3,(H,24,27). The Kier molecular flexibility index (Phi) is 9.34. The summed E-state index contributed by atoms with van der Waals surface area (Å²) < 4.78 is 37.9. The van der Waals surface area contributed by atoms with Crippen LogP contribution in [-0.2, 0) is 14.8 Å². The summed E-state index contributed by atoms with van der Waals surface area (Å²) in [5.41, 5.74) is 1.19. The maximum Gasteiger partial charge on any atom is 0.243 e. The van der Waals surface area contributed by atoms with E-state index in [4.69, 9.17) is 9.47 Å². The lowest BCUT2D eigenvalue weighted by atomic mass is 10.2. The Hall–Kier alpha value is -2.78. The third-order valence-corrected chi connectivity index (χ3v) is 6.99. The van der Waals surface area contributed by atoms with Crippen molar-refractivity contribution in [3.8, 4) is 11.5 Å². The molecule has 0 bridgehead atoms. The zero-order valence-electron chi connectivity index (χ0n) is 19.4. The van der Waals surface area contributed by atoms with E-state index in [1.54, 1.807) is 33.1 Å². The summed E-state index contributed by atoms with van der Waals surface area (Å²) in [5, 5.41) is 2.86. The van der Waals surface area contributed by atoms with E-state index in [1.165, 1.54) is 10.4 Å². The second-order valence-corrected chi connectivity index (χ2v) is 9.28. The van der Waals surface area contributed by atoms with Crippen molar-refractivity contribution in [3.63, 3.8) is 0 Å². The predicted octanol–water partition coefficient (Wildman–Crippen LogP) is 3.59. The van der Waals surface area contributed by atoms with E-state index in [2.05, 4.69) is 5.32 Å². The minimum absolute atomic E-state index is 0.157. The molecule has 0 aromatic heterocycles. The third kappa shape index (κ3) is 6.61. The number of carbonyl (C=O) groups excluding carboxylic acids is 1. The van der Waals surface area contributed by atoms with Crippen molar-refractivity contribution in [2.75, 3.05) is 51.1 Å². The fourth-order valence-electron chi connectivity index (χ4n) is 3.19. The number of carbonyl (C=O) groups is 1. The van der Waals surface area contributed by atoms with E-state index >= 15 is 0 Å². The van der Waals surface area contributed by atoms with Gasteiger partial charge in [-0.15, -0.1) is 0 Å². The highest BCUT2D eigenvalue weighted by Gasteiger charge is 2.23. The summed E-state index contributed by atoms with van der Waals surface area (Å²) in [7, 11) is 1.66. The minimum atomic E-state index is -3.62. The minimum Gasteiger partial charge on any atom is -0.497 e. The molecule has 32 heavy (non-hydrogen) atoms. The van der Waals surface area contributed by atoms with Gasteiger partial charge in [-0.1, -0.05) is 13.8 Å². The van der Waals surface area contributed by atoms with Crippen LogP contribution in [0.3, 0.4) is 0 Å². The molecule has 8 nitrogen and oxygen atoms in total. The van der Waals surface area contributed by atoms with Gasteiger partial charge in [0.15, 0.2) is 0 Å². The number of methoxy groups -OCH3 is 1. The molecule has 2 aromatic carbocycles. The van der Waals surface area contributed by atoms with Crippen LogP contribution in [0.5, 0.6) is 11.5 Å². The van der Waals surface area contributed by atoms with Crippen LogP contribution in [0.1, 0.15) is 26.7 Å². The Morgan fingerprint density at radius 1 is 1.00 bits per heavy atom. The number of hydrogen-bond donors (Lipinski definition) is 1. The number of sulfonamides is 1. The average molecular weight is 464 g/mol. The Labute approximate surface area is 191 Å². The first kappa shape index (κ1) is 25.5. The average Bonchev–Trinajstić information content (AvgIpc) is 2.77. The Morgan fingerprint density at radius 2 is 1.62 bits per heavy atom. The first-order valence-corrected chi connectivity index (χ1v) is 12.0. The van der Waals surface area contributed by atoms with Crippen molar-refractivity contribution in [2.24, 2.45) is 0 Å². The van der Waals surface area contributed by atoms with Crippen molar-refractivity contribution >= 4 is 27.3 Å². The summed E-state index contributed by atoms with van der Waals surface area (Å²) in [6.45, 7) is 4.74. The molecule has 1 amide bonds. The van der Waals surface area contributed by atoms with E-state index < -0.39 is 10.0 Å². The third-order valence-electron chi connectivity index (χ3n) is 4.94. The summed E-state index contributed by atoms with van der Waals surface area (Å²) in [6, 6.07) is 12.0. The van der Waals surface area contributed by atoms with E-state index in [-0.39, 0.29) is 17.2 Å². The van der Waals surface area contributed by atoms with Gasteiger partial charge in [-0.05, 0) is 48.9 Å². The summed E-state index contributed by atoms with van der Waals surface area (Å²) >= 11 is 0. The van der Waals surface area contributed by atoms with Crippen molar-refractivity contribution in [2.45, 2.75) is 31.6 Å². The van der Waals surface area contributed by atoms with Crippen molar-refractivity contribution in [3.05, 3.63) is 42.5 Å². The maximum atomic E-state index is 12.9. The van der Waals surface area contributed by atoms with E-state index in [9.17, 15) is 13.2 Å². The lowest BCUT2D eigenvalue weighted by molar-refractivity contribution is -0.116. The topological polar surface area (TPSA) is 88.2 Å². The van der Waals surface area contributed by atoms with Gasteiger partial charge >= 0.3 is 0 Å². The van der Waals surface area contributed by atoms with Crippen molar-refractivity contribution in [1.82, 2.24) is 4.31 Å². The van der Waals surface area contributed by atoms with Gasteiger partial charge in [0.25, 0.3) is 0 Å². The molecule has 2 aromatic rings. The summed E-state index contributed by atoms with van der Waals surface area (Å²) in [4.78, 5) is 14.5. The number of hydrogen-bond acceptors (Lipinski definition) is 6. The molecule has 0 radical (unpaired) electrons. The second-order valence-electron chi connectivity index (χ2n) is 7.34. The fourth-order valence-corrected chi connectivity index (χ4v) is 4.67. The quantitative estimate of drug-likeness (QED) is 0.484. The molecular weight excluding hydrogens is 430 g/mol. The smallest absolute Gasteiger partial charge is 0.243 e. The Morgan fingerprint density at radius 3 is 2.19 bits per heavy atom. The van der Waals surface area contributed by atoms with Gasteiger partial charge in [0.2, 0.25) is 15.9 Å². The molecule has 0 unspecified atom stereocenters. The Bertz CT molecular complexity index is 987. The number of nitrogens with one attached hydrogen (secondary N) is 1. The molecule has 176 valence electrons. The van der Waals surface area contributed by atoms with Gasteiger partial charge in [0, 0.05) is 33.6 Å². The summed E-state index contributed by atoms with van der Waals surface area (Å²) in [5.74, 6) is 1.25. The SMILES string of the molecule is CCN(CC)S(=O)(=O)c1ccc(N(C)C)c(NC(=O)CCCOc2ccc(OC)cc2)c1. The lowest BCUT2D eigenvalue weighted by Crippen LogP contribution is -2.30. The van der Waals surface area contributed by atoms with Gasteiger partial charge in [0.1, 0.15) is 11.5 Å². The van der Waals surface area contributed by atoms with Crippen molar-refractivity contribution in [1.29, 1.82) is 0 Å². The van der Waals surface area contributed by atoms with E-state index in [0.717, 1.165) is 11.4 Å². The molecule has 0 atom stereocenters. The first-order chi connectivity index (χ1) is 15.2. The zero-order chi connectivity index (χ0) is 23.7. The molecule has 1 N–H and O–H groups in total. The zero-order valence-corrected chi connectivity index (χ0v) is 20.2. The largest absolute Gasteiger partial charge is 0.497 e. The van der Waals surface area contributed by atoms with Gasteiger partial charge < -0.3 is 19.7 Å². The normalized spacial score (nSPS) is 11.3. The number of amides is 1. The molecule has 0 saturated carbocycles. The van der Waals surface area contributed by atoms with E-state index in [0.29, 0.717) is 37.6 Å². The second kappa shape index (κ2) is 11.7. The molecular formula is C23H33N3O5S. The Balaban J connectivity index is 2.03. The molecule has 0 aliphatic carbocycles. The van der Waals surface area contributed by atoms with Crippen LogP contribution >= 0.6 is 0 Å². The molecule has 2 rings (SSSR count). The molecule has 0 saturated heterocycles. The molecule has 0 fully saturated rings. The van der Waals surface area contributed by atoms with Crippen LogP contribution in [0.2, 0.25) is 0 Å². The lowest BCUT2D eigenvalue weighted by Gasteiger charge is -2.22. The van der Waals surface area contributed by atoms with Crippen LogP contribution in [0.25, 0.3) is 0 Å².